The minimum atomic E-state index is -0.941. The molecule has 0 radical (unpaired) electrons. The molecule has 8 nitrogen and oxygen atoms in total. The number of nitrogens with zero attached hydrogens (tertiary/aromatic N) is 3. The number of carboxylic acids is 1. The van der Waals surface area contributed by atoms with E-state index >= 15 is 0 Å². The van der Waals surface area contributed by atoms with Crippen LogP contribution in [0.3, 0.4) is 0 Å². The monoisotopic (exact) mass is 426 g/mol. The van der Waals surface area contributed by atoms with Crippen molar-refractivity contribution in [2.45, 2.75) is 19.4 Å². The molecule has 0 unspecified atom stereocenters. The van der Waals surface area contributed by atoms with Crippen molar-refractivity contribution >= 4 is 38.6 Å². The molecular formula is C21H22N4O4S. The summed E-state index contributed by atoms with van der Waals surface area (Å²) in [6.45, 7) is 1.93. The van der Waals surface area contributed by atoms with E-state index in [4.69, 9.17) is 9.84 Å². The molecule has 1 fully saturated rings. The van der Waals surface area contributed by atoms with Crippen LogP contribution in [0.5, 0.6) is 5.88 Å². The largest absolute Gasteiger partial charge is 0.481 e. The Bertz CT molecular complexity index is 1060. The van der Waals surface area contributed by atoms with Crippen LogP contribution in [-0.4, -0.2) is 47.2 Å². The molecule has 9 heteroatoms. The maximum Gasteiger partial charge on any atom is 0.335 e. The van der Waals surface area contributed by atoms with Gasteiger partial charge in [-0.05, 0) is 36.6 Å². The first kappa shape index (κ1) is 20.1. The Balaban J connectivity index is 1.32. The zero-order valence-corrected chi connectivity index (χ0v) is 17.3. The zero-order valence-electron chi connectivity index (χ0n) is 16.5. The Kier molecular flexibility index (Phi) is 5.80. The van der Waals surface area contributed by atoms with Crippen LogP contribution in [0.15, 0.2) is 36.5 Å². The summed E-state index contributed by atoms with van der Waals surface area (Å²) in [6.07, 6.45) is 3.20. The lowest BCUT2D eigenvalue weighted by molar-refractivity contribution is -0.125. The molecule has 0 spiro atoms. The highest BCUT2D eigenvalue weighted by Gasteiger charge is 2.26. The Morgan fingerprint density at radius 2 is 2.07 bits per heavy atom. The summed E-state index contributed by atoms with van der Waals surface area (Å²) in [5.74, 6) is -0.364. The molecule has 1 aliphatic rings. The summed E-state index contributed by atoms with van der Waals surface area (Å²) in [7, 11) is 1.57. The molecule has 156 valence electrons. The number of anilines is 1. The number of carboxylic acid groups (broad SMARTS) is 1. The molecule has 1 amide bonds. The van der Waals surface area contributed by atoms with Crippen molar-refractivity contribution in [3.8, 4) is 5.88 Å². The molecule has 3 heterocycles. The SMILES string of the molecule is COc1ccc(CNC(=O)C2CCN(c3nc4ccc(C(=O)O)cc4s3)CC2)cn1. The van der Waals surface area contributed by atoms with Crippen molar-refractivity contribution in [3.63, 3.8) is 0 Å². The van der Waals surface area contributed by atoms with Crippen LogP contribution in [0, 0.1) is 5.92 Å². The first-order valence-corrected chi connectivity index (χ1v) is 10.5. The number of carbonyl (C=O) groups excluding carboxylic acids is 1. The third kappa shape index (κ3) is 4.35. The molecule has 1 aliphatic heterocycles. The van der Waals surface area contributed by atoms with Crippen molar-refractivity contribution in [2.24, 2.45) is 5.92 Å². The number of hydrogen-bond acceptors (Lipinski definition) is 7. The molecule has 2 aromatic heterocycles. The Labute approximate surface area is 177 Å². The molecule has 0 aliphatic carbocycles. The van der Waals surface area contributed by atoms with Crippen molar-refractivity contribution in [3.05, 3.63) is 47.7 Å². The van der Waals surface area contributed by atoms with Crippen molar-refractivity contribution in [1.82, 2.24) is 15.3 Å². The van der Waals surface area contributed by atoms with Gasteiger partial charge in [-0.3, -0.25) is 4.79 Å². The van der Waals surface area contributed by atoms with Crippen LogP contribution in [-0.2, 0) is 11.3 Å². The summed E-state index contributed by atoms with van der Waals surface area (Å²) >= 11 is 1.49. The fourth-order valence-electron chi connectivity index (χ4n) is 3.48. The number of aromatic carboxylic acids is 1. The van der Waals surface area contributed by atoms with E-state index in [0.29, 0.717) is 12.4 Å². The van der Waals surface area contributed by atoms with Crippen LogP contribution in [0.1, 0.15) is 28.8 Å². The lowest BCUT2D eigenvalue weighted by atomic mass is 9.96. The second-order valence-electron chi connectivity index (χ2n) is 7.17. The van der Waals surface area contributed by atoms with E-state index in [9.17, 15) is 9.59 Å². The van der Waals surface area contributed by atoms with Gasteiger partial charge in [0.25, 0.3) is 0 Å². The highest BCUT2D eigenvalue weighted by molar-refractivity contribution is 7.22. The topological polar surface area (TPSA) is 105 Å². The van der Waals surface area contributed by atoms with E-state index in [2.05, 4.69) is 20.2 Å². The van der Waals surface area contributed by atoms with Crippen molar-refractivity contribution in [2.75, 3.05) is 25.1 Å². The van der Waals surface area contributed by atoms with Gasteiger partial charge < -0.3 is 20.1 Å². The number of thiazole rings is 1. The Hall–Kier alpha value is -3.20. The summed E-state index contributed by atoms with van der Waals surface area (Å²) in [5, 5.41) is 13.0. The molecular weight excluding hydrogens is 404 g/mol. The second-order valence-corrected chi connectivity index (χ2v) is 8.18. The number of carbonyl (C=O) groups is 2. The number of benzene rings is 1. The predicted octanol–water partition coefficient (Wildman–Crippen LogP) is 2.93. The maximum absolute atomic E-state index is 12.5. The highest BCUT2D eigenvalue weighted by Crippen LogP contribution is 2.32. The van der Waals surface area contributed by atoms with Gasteiger partial charge in [0.2, 0.25) is 11.8 Å². The van der Waals surface area contributed by atoms with E-state index < -0.39 is 5.97 Å². The first-order valence-electron chi connectivity index (χ1n) is 9.69. The number of hydrogen-bond donors (Lipinski definition) is 2. The molecule has 2 N–H and O–H groups in total. The Morgan fingerprint density at radius 3 is 2.73 bits per heavy atom. The summed E-state index contributed by atoms with van der Waals surface area (Å²) in [6, 6.07) is 8.64. The van der Waals surface area contributed by atoms with Crippen LogP contribution < -0.4 is 15.0 Å². The third-order valence-electron chi connectivity index (χ3n) is 5.23. The highest BCUT2D eigenvalue weighted by atomic mass is 32.1. The number of nitrogens with one attached hydrogen (secondary N) is 1. The van der Waals surface area contributed by atoms with Gasteiger partial charge >= 0.3 is 5.97 Å². The molecule has 0 saturated carbocycles. The normalized spacial score (nSPS) is 14.6. The number of amides is 1. The van der Waals surface area contributed by atoms with E-state index in [1.165, 1.54) is 11.3 Å². The number of fused-ring (bicyclic) bond motifs is 1. The number of pyridine rings is 1. The van der Waals surface area contributed by atoms with E-state index in [1.54, 1.807) is 37.6 Å². The van der Waals surface area contributed by atoms with Gasteiger partial charge in [-0.25, -0.2) is 14.8 Å². The van der Waals surface area contributed by atoms with Gasteiger partial charge in [-0.15, -0.1) is 0 Å². The molecule has 4 rings (SSSR count). The fraction of sp³-hybridized carbons (Fsp3) is 0.333. The van der Waals surface area contributed by atoms with Crippen LogP contribution >= 0.6 is 11.3 Å². The van der Waals surface area contributed by atoms with E-state index in [-0.39, 0.29) is 17.4 Å². The third-order valence-corrected chi connectivity index (χ3v) is 6.31. The number of rotatable bonds is 6. The first-order chi connectivity index (χ1) is 14.5. The lowest BCUT2D eigenvalue weighted by Gasteiger charge is -2.31. The summed E-state index contributed by atoms with van der Waals surface area (Å²) < 4.78 is 5.90. The van der Waals surface area contributed by atoms with Gasteiger partial charge in [0.1, 0.15) is 0 Å². The van der Waals surface area contributed by atoms with Crippen molar-refractivity contribution in [1.29, 1.82) is 0 Å². The lowest BCUT2D eigenvalue weighted by Crippen LogP contribution is -2.40. The van der Waals surface area contributed by atoms with Crippen LogP contribution in [0.25, 0.3) is 10.2 Å². The smallest absolute Gasteiger partial charge is 0.335 e. The summed E-state index contributed by atoms with van der Waals surface area (Å²) in [5.41, 5.74) is 1.99. The fourth-order valence-corrected chi connectivity index (χ4v) is 4.54. The standard InChI is InChI=1S/C21H22N4O4S/c1-29-18-5-2-13(11-22-18)12-23-19(26)14-6-8-25(9-7-14)21-24-16-4-3-15(20(27)28)10-17(16)30-21/h2-5,10-11,14H,6-9,12H2,1H3,(H,23,26)(H,27,28). The van der Waals surface area contributed by atoms with Crippen molar-refractivity contribution < 1.29 is 19.4 Å². The molecule has 0 bridgehead atoms. The van der Waals surface area contributed by atoms with E-state index in [1.807, 2.05) is 6.07 Å². The van der Waals surface area contributed by atoms with Gasteiger partial charge in [0.15, 0.2) is 5.13 Å². The average Bonchev–Trinajstić information content (AvgIpc) is 3.21. The minimum absolute atomic E-state index is 0.0274. The zero-order chi connectivity index (χ0) is 21.1. The van der Waals surface area contributed by atoms with Crippen LogP contribution in [0.4, 0.5) is 5.13 Å². The molecule has 0 atom stereocenters. The average molecular weight is 426 g/mol. The predicted molar refractivity (Wildman–Crippen MR) is 114 cm³/mol. The quantitative estimate of drug-likeness (QED) is 0.624. The van der Waals surface area contributed by atoms with Gasteiger partial charge in [-0.1, -0.05) is 17.4 Å². The Morgan fingerprint density at radius 1 is 1.27 bits per heavy atom. The summed E-state index contributed by atoms with van der Waals surface area (Å²) in [4.78, 5) is 34.6. The molecule has 1 aromatic carbocycles. The second kappa shape index (κ2) is 8.66. The van der Waals surface area contributed by atoms with Gasteiger partial charge in [0, 0.05) is 37.8 Å². The molecule has 1 saturated heterocycles. The molecule has 30 heavy (non-hydrogen) atoms. The number of methoxy groups -OCH3 is 1. The number of piperidine rings is 1. The van der Waals surface area contributed by atoms with Crippen LogP contribution in [0.2, 0.25) is 0 Å². The maximum atomic E-state index is 12.5. The number of aromatic nitrogens is 2. The minimum Gasteiger partial charge on any atom is -0.481 e. The van der Waals surface area contributed by atoms with Gasteiger partial charge in [-0.2, -0.15) is 0 Å². The molecule has 3 aromatic rings. The van der Waals surface area contributed by atoms with Gasteiger partial charge in [0.05, 0.1) is 22.9 Å². The van der Waals surface area contributed by atoms with E-state index in [0.717, 1.165) is 46.8 Å². The number of ether oxygens (including phenoxy) is 1.